The normalized spacial score (nSPS) is 13.0. The summed E-state index contributed by atoms with van der Waals surface area (Å²) in [5.74, 6) is 0. The summed E-state index contributed by atoms with van der Waals surface area (Å²) in [5.41, 5.74) is -0.888. The predicted molar refractivity (Wildman–Crippen MR) is 119 cm³/mol. The third-order valence-electron chi connectivity index (χ3n) is 5.45. The number of thiophene rings is 1. The third kappa shape index (κ3) is 3.05. The number of hydrogen-bond donors (Lipinski definition) is 1. The molecule has 1 aromatic heterocycles. The predicted octanol–water partition coefficient (Wildman–Crippen LogP) is 5.67. The van der Waals surface area contributed by atoms with Crippen molar-refractivity contribution in [2.75, 3.05) is 0 Å². The second-order valence-electron chi connectivity index (χ2n) is 7.88. The number of aliphatic hydroxyl groups is 1. The Balaban J connectivity index is 1.98. The maximum atomic E-state index is 10.4. The Morgan fingerprint density at radius 2 is 1.52 bits per heavy atom. The smallest absolute Gasteiger partial charge is 0.333 e. The topological polar surface area (TPSA) is 29.5 Å². The molecule has 27 heavy (non-hydrogen) atoms. The first-order valence-corrected chi connectivity index (χ1v) is 10.1. The molecule has 0 fully saturated rings. The molecule has 0 saturated heterocycles. The molecule has 1 N–H and O–H groups in total. The molecule has 4 rings (SSSR count). The summed E-state index contributed by atoms with van der Waals surface area (Å²) in [4.78, 5) is 0. The van der Waals surface area contributed by atoms with Crippen LogP contribution in [0, 0.1) is 0 Å². The van der Waals surface area contributed by atoms with E-state index in [-0.39, 0.29) is 0 Å². The maximum absolute atomic E-state index is 10.4. The average Bonchev–Trinajstić information content (AvgIpc) is 3.00. The first-order chi connectivity index (χ1) is 12.7. The van der Waals surface area contributed by atoms with Crippen molar-refractivity contribution in [1.29, 1.82) is 0 Å². The molecule has 0 unspecified atom stereocenters. The van der Waals surface area contributed by atoms with Gasteiger partial charge in [-0.05, 0) is 44.6 Å². The Morgan fingerprint density at radius 1 is 0.926 bits per heavy atom. The first-order valence-electron chi connectivity index (χ1n) is 8.95. The zero-order chi connectivity index (χ0) is 19.4. The molecule has 0 saturated carbocycles. The summed E-state index contributed by atoms with van der Waals surface area (Å²) in [6.45, 7) is 7.25. The highest BCUT2D eigenvalue weighted by atomic mass is 35.5. The van der Waals surface area contributed by atoms with E-state index in [1.807, 2.05) is 32.0 Å². The summed E-state index contributed by atoms with van der Waals surface area (Å²) < 4.78 is 8.38. The largest absolute Gasteiger partial charge is 0.427 e. The molecule has 0 atom stereocenters. The van der Waals surface area contributed by atoms with Gasteiger partial charge in [0.15, 0.2) is 0 Å². The number of fused-ring (bicyclic) bond motifs is 5. The van der Waals surface area contributed by atoms with E-state index in [2.05, 4.69) is 30.3 Å². The molecule has 0 amide bonds. The number of hydrogen-bond acceptors (Lipinski definition) is 3. The van der Waals surface area contributed by atoms with E-state index in [1.54, 1.807) is 32.7 Å². The SMILES string of the molecule is CC(C)(O)C(C)(C)O[B]c1c(Cl)c2ccccc2c2c1sc1ccccc12. The molecule has 1 heterocycles. The van der Waals surface area contributed by atoms with E-state index in [9.17, 15) is 5.11 Å². The van der Waals surface area contributed by atoms with Gasteiger partial charge in [-0.3, -0.25) is 0 Å². The zero-order valence-electron chi connectivity index (χ0n) is 15.8. The summed E-state index contributed by atoms with van der Waals surface area (Å²) in [6, 6.07) is 16.6. The highest BCUT2D eigenvalue weighted by Crippen LogP contribution is 2.40. The molecule has 0 aliphatic rings. The molecule has 5 heteroatoms. The Labute approximate surface area is 169 Å². The fourth-order valence-corrected chi connectivity index (χ4v) is 4.68. The molecule has 1 radical (unpaired) electrons. The van der Waals surface area contributed by atoms with Crippen LogP contribution in [0.5, 0.6) is 0 Å². The van der Waals surface area contributed by atoms with E-state index in [1.165, 1.54) is 15.5 Å². The van der Waals surface area contributed by atoms with Crippen LogP contribution in [0.4, 0.5) is 0 Å². The average molecular weight is 396 g/mol. The van der Waals surface area contributed by atoms with Gasteiger partial charge in [-0.2, -0.15) is 0 Å². The minimum absolute atomic E-state index is 0.677. The lowest BCUT2D eigenvalue weighted by Gasteiger charge is -2.37. The van der Waals surface area contributed by atoms with Crippen molar-refractivity contribution < 1.29 is 9.76 Å². The number of halogens is 1. The van der Waals surface area contributed by atoms with E-state index in [0.717, 1.165) is 20.9 Å². The van der Waals surface area contributed by atoms with Crippen molar-refractivity contribution in [3.63, 3.8) is 0 Å². The van der Waals surface area contributed by atoms with Gasteiger partial charge in [0.2, 0.25) is 0 Å². The highest BCUT2D eigenvalue weighted by Gasteiger charge is 2.36. The van der Waals surface area contributed by atoms with Gasteiger partial charge in [0.1, 0.15) is 0 Å². The highest BCUT2D eigenvalue weighted by molar-refractivity contribution is 7.27. The van der Waals surface area contributed by atoms with Gasteiger partial charge < -0.3 is 9.76 Å². The van der Waals surface area contributed by atoms with Crippen LogP contribution < -0.4 is 5.46 Å². The second-order valence-corrected chi connectivity index (χ2v) is 9.31. The van der Waals surface area contributed by atoms with E-state index < -0.39 is 11.2 Å². The van der Waals surface area contributed by atoms with Gasteiger partial charge >= 0.3 is 7.48 Å². The molecule has 0 spiro atoms. The molecule has 3 aromatic carbocycles. The fraction of sp³-hybridized carbons (Fsp3) is 0.273. The molecule has 137 valence electrons. The van der Waals surface area contributed by atoms with Crippen LogP contribution in [0.1, 0.15) is 27.7 Å². The van der Waals surface area contributed by atoms with Crippen molar-refractivity contribution in [2.45, 2.75) is 38.9 Å². The van der Waals surface area contributed by atoms with E-state index >= 15 is 0 Å². The van der Waals surface area contributed by atoms with Crippen LogP contribution in [0.15, 0.2) is 48.5 Å². The zero-order valence-corrected chi connectivity index (χ0v) is 17.4. The van der Waals surface area contributed by atoms with Gasteiger partial charge in [0, 0.05) is 30.6 Å². The second kappa shape index (κ2) is 6.49. The number of benzene rings is 3. The molecular formula is C22H21BClO2S. The van der Waals surface area contributed by atoms with Crippen molar-refractivity contribution in [2.24, 2.45) is 0 Å². The first kappa shape index (κ1) is 18.8. The van der Waals surface area contributed by atoms with Gasteiger partial charge in [0.05, 0.1) is 11.2 Å². The summed E-state index contributed by atoms with van der Waals surface area (Å²) in [5, 5.41) is 15.7. The third-order valence-corrected chi connectivity index (χ3v) is 7.07. The van der Waals surface area contributed by atoms with E-state index in [4.69, 9.17) is 16.3 Å². The van der Waals surface area contributed by atoms with E-state index in [0.29, 0.717) is 5.02 Å². The van der Waals surface area contributed by atoms with Crippen LogP contribution in [0.2, 0.25) is 5.02 Å². The Kier molecular flexibility index (Phi) is 4.51. The molecule has 4 aromatic rings. The molecule has 0 bridgehead atoms. The quantitative estimate of drug-likeness (QED) is 0.451. The minimum Gasteiger partial charge on any atom is -0.427 e. The summed E-state index contributed by atoms with van der Waals surface area (Å²) in [7, 11) is 1.71. The summed E-state index contributed by atoms with van der Waals surface area (Å²) in [6.07, 6.45) is 0. The van der Waals surface area contributed by atoms with Gasteiger partial charge in [0.25, 0.3) is 0 Å². The Hall–Kier alpha value is -1.59. The van der Waals surface area contributed by atoms with Crippen molar-refractivity contribution in [3.8, 4) is 0 Å². The van der Waals surface area contributed by atoms with Gasteiger partial charge in [-0.1, -0.05) is 54.1 Å². The Bertz CT molecular complexity index is 1160. The monoisotopic (exact) mass is 395 g/mol. The lowest BCUT2D eigenvalue weighted by Crippen LogP contribution is -2.49. The molecule has 0 aliphatic heterocycles. The van der Waals surface area contributed by atoms with Crippen LogP contribution in [0.25, 0.3) is 30.9 Å². The lowest BCUT2D eigenvalue weighted by atomic mass is 9.81. The van der Waals surface area contributed by atoms with Crippen molar-refractivity contribution >= 4 is 66.8 Å². The van der Waals surface area contributed by atoms with Crippen LogP contribution >= 0.6 is 22.9 Å². The summed E-state index contributed by atoms with van der Waals surface area (Å²) >= 11 is 8.54. The molecule has 0 aliphatic carbocycles. The van der Waals surface area contributed by atoms with Crippen molar-refractivity contribution in [3.05, 3.63) is 53.6 Å². The molecule has 2 nitrogen and oxygen atoms in total. The standard InChI is InChI=1S/C22H21BClO2S/c1-21(2,25)22(3,4)26-23-18-19(24)14-10-6-5-9-13(14)17-15-11-7-8-12-16(15)27-20(17)18/h5-12,25H,1-4H3. The Morgan fingerprint density at radius 3 is 2.19 bits per heavy atom. The van der Waals surface area contributed by atoms with Crippen LogP contribution in [-0.4, -0.2) is 23.8 Å². The minimum atomic E-state index is -0.994. The van der Waals surface area contributed by atoms with Crippen LogP contribution in [-0.2, 0) is 4.65 Å². The van der Waals surface area contributed by atoms with Gasteiger partial charge in [-0.15, -0.1) is 11.3 Å². The maximum Gasteiger partial charge on any atom is 0.333 e. The molecular weight excluding hydrogens is 375 g/mol. The van der Waals surface area contributed by atoms with Crippen molar-refractivity contribution in [1.82, 2.24) is 0 Å². The van der Waals surface area contributed by atoms with Gasteiger partial charge in [-0.25, -0.2) is 0 Å². The lowest BCUT2D eigenvalue weighted by molar-refractivity contribution is -0.0892. The fourth-order valence-electron chi connectivity index (χ4n) is 3.10. The van der Waals surface area contributed by atoms with Crippen LogP contribution in [0.3, 0.4) is 0 Å². The number of rotatable bonds is 4.